The maximum atomic E-state index is 5.85. The smallest absolute Gasteiger partial charge is 0.120 e. The van der Waals surface area contributed by atoms with Gasteiger partial charge in [0.2, 0.25) is 0 Å². The lowest BCUT2D eigenvalue weighted by atomic mass is 10.3. The lowest BCUT2D eigenvalue weighted by Gasteiger charge is -2.36. The molecule has 0 bridgehead atoms. The first-order valence-electron chi connectivity index (χ1n) is 4.90. The molecule has 1 rings (SSSR count). The third kappa shape index (κ3) is 2.28. The van der Waals surface area contributed by atoms with Gasteiger partial charge in [-0.3, -0.25) is 4.90 Å². The minimum atomic E-state index is 0.759. The zero-order valence-corrected chi connectivity index (χ0v) is 8.58. The SMILES string of the molecule is CCCN1CC(N)=C(N)N(CC)C1. The van der Waals surface area contributed by atoms with E-state index in [9.17, 15) is 0 Å². The summed E-state index contributed by atoms with van der Waals surface area (Å²) in [7, 11) is 0. The van der Waals surface area contributed by atoms with E-state index in [-0.39, 0.29) is 0 Å². The molecule has 4 heteroatoms. The number of rotatable bonds is 3. The normalized spacial score (nSPS) is 19.7. The molecule has 76 valence electrons. The summed E-state index contributed by atoms with van der Waals surface area (Å²) in [6.07, 6.45) is 1.16. The molecule has 0 atom stereocenters. The Labute approximate surface area is 80.2 Å². The summed E-state index contributed by atoms with van der Waals surface area (Å²) in [4.78, 5) is 4.42. The molecule has 0 aromatic heterocycles. The van der Waals surface area contributed by atoms with E-state index in [2.05, 4.69) is 23.6 Å². The van der Waals surface area contributed by atoms with Gasteiger partial charge in [0.05, 0.1) is 12.4 Å². The summed E-state index contributed by atoms with van der Waals surface area (Å²) in [6.45, 7) is 8.01. The monoisotopic (exact) mass is 184 g/mol. The maximum Gasteiger partial charge on any atom is 0.120 e. The average molecular weight is 184 g/mol. The highest BCUT2D eigenvalue weighted by molar-refractivity contribution is 5.11. The molecule has 4 N–H and O–H groups in total. The third-order valence-electron chi connectivity index (χ3n) is 2.36. The van der Waals surface area contributed by atoms with E-state index in [4.69, 9.17) is 11.5 Å². The Balaban J connectivity index is 2.63. The van der Waals surface area contributed by atoms with Crippen molar-refractivity contribution < 1.29 is 0 Å². The van der Waals surface area contributed by atoms with Gasteiger partial charge in [-0.1, -0.05) is 6.92 Å². The molecule has 0 saturated heterocycles. The van der Waals surface area contributed by atoms with Gasteiger partial charge in [0.25, 0.3) is 0 Å². The van der Waals surface area contributed by atoms with Crippen LogP contribution in [0, 0.1) is 0 Å². The van der Waals surface area contributed by atoms with E-state index in [1.54, 1.807) is 0 Å². The molecule has 0 amide bonds. The number of nitrogens with zero attached hydrogens (tertiary/aromatic N) is 2. The van der Waals surface area contributed by atoms with Crippen LogP contribution in [0.25, 0.3) is 0 Å². The van der Waals surface area contributed by atoms with Crippen LogP contribution < -0.4 is 11.5 Å². The summed E-state index contributed by atoms with van der Waals surface area (Å²) >= 11 is 0. The van der Waals surface area contributed by atoms with E-state index < -0.39 is 0 Å². The highest BCUT2D eigenvalue weighted by Gasteiger charge is 2.19. The lowest BCUT2D eigenvalue weighted by molar-refractivity contribution is 0.150. The van der Waals surface area contributed by atoms with Crippen LogP contribution in [0.2, 0.25) is 0 Å². The summed E-state index contributed by atoms with van der Waals surface area (Å²) in [6, 6.07) is 0. The second-order valence-corrected chi connectivity index (χ2v) is 3.46. The molecule has 1 aliphatic heterocycles. The topological polar surface area (TPSA) is 58.5 Å². The van der Waals surface area contributed by atoms with Crippen molar-refractivity contribution >= 4 is 0 Å². The van der Waals surface area contributed by atoms with Gasteiger partial charge in [-0.2, -0.15) is 0 Å². The predicted octanol–water partition coefficient (Wildman–Crippen LogP) is 0.0779. The second kappa shape index (κ2) is 4.37. The molecule has 1 heterocycles. The first-order chi connectivity index (χ1) is 6.19. The van der Waals surface area contributed by atoms with Crippen molar-refractivity contribution in [2.75, 3.05) is 26.3 Å². The van der Waals surface area contributed by atoms with Crippen LogP contribution in [0.15, 0.2) is 11.5 Å². The van der Waals surface area contributed by atoms with Gasteiger partial charge >= 0.3 is 0 Å². The largest absolute Gasteiger partial charge is 0.398 e. The first-order valence-corrected chi connectivity index (χ1v) is 4.90. The average Bonchev–Trinajstić information content (AvgIpc) is 2.11. The molecular weight excluding hydrogens is 164 g/mol. The molecule has 0 spiro atoms. The molecule has 0 aromatic rings. The van der Waals surface area contributed by atoms with Gasteiger partial charge in [-0.25, -0.2) is 0 Å². The first kappa shape index (κ1) is 10.2. The summed E-state index contributed by atoms with van der Waals surface area (Å²) in [5.41, 5.74) is 12.5. The van der Waals surface area contributed by atoms with Crippen molar-refractivity contribution in [3.8, 4) is 0 Å². The lowest BCUT2D eigenvalue weighted by Crippen LogP contribution is -2.47. The van der Waals surface area contributed by atoms with Gasteiger partial charge in [0.15, 0.2) is 0 Å². The fourth-order valence-corrected chi connectivity index (χ4v) is 1.63. The molecule has 13 heavy (non-hydrogen) atoms. The third-order valence-corrected chi connectivity index (χ3v) is 2.36. The van der Waals surface area contributed by atoms with Crippen molar-refractivity contribution in [3.05, 3.63) is 11.5 Å². The summed E-state index contributed by atoms with van der Waals surface area (Å²) in [5.74, 6) is 0.759. The van der Waals surface area contributed by atoms with Crippen molar-refractivity contribution in [2.45, 2.75) is 20.3 Å². The Bertz CT molecular complexity index is 200. The minimum Gasteiger partial charge on any atom is -0.398 e. The van der Waals surface area contributed by atoms with Gasteiger partial charge in [0, 0.05) is 13.1 Å². The quantitative estimate of drug-likeness (QED) is 0.652. The summed E-state index contributed by atoms with van der Waals surface area (Å²) < 4.78 is 0. The van der Waals surface area contributed by atoms with E-state index in [0.29, 0.717) is 0 Å². The zero-order chi connectivity index (χ0) is 9.84. The van der Waals surface area contributed by atoms with Crippen molar-refractivity contribution in [2.24, 2.45) is 11.5 Å². The molecule has 0 radical (unpaired) electrons. The van der Waals surface area contributed by atoms with Crippen LogP contribution in [-0.2, 0) is 0 Å². The molecule has 1 aliphatic rings. The number of nitrogens with two attached hydrogens (primary N) is 2. The Kier molecular flexibility index (Phi) is 3.42. The summed E-state index contributed by atoms with van der Waals surface area (Å²) in [5, 5.41) is 0. The van der Waals surface area contributed by atoms with E-state index in [1.165, 1.54) is 0 Å². The predicted molar refractivity (Wildman–Crippen MR) is 54.5 cm³/mol. The van der Waals surface area contributed by atoms with Crippen molar-refractivity contribution in [1.82, 2.24) is 9.80 Å². The highest BCUT2D eigenvalue weighted by Crippen LogP contribution is 2.11. The van der Waals surface area contributed by atoms with Crippen molar-refractivity contribution in [1.29, 1.82) is 0 Å². The van der Waals surface area contributed by atoms with Gasteiger partial charge in [0.1, 0.15) is 5.82 Å². The molecule has 0 aromatic carbocycles. The Morgan fingerprint density at radius 3 is 2.54 bits per heavy atom. The zero-order valence-electron chi connectivity index (χ0n) is 8.58. The van der Waals surface area contributed by atoms with Crippen molar-refractivity contribution in [3.63, 3.8) is 0 Å². The van der Waals surface area contributed by atoms with Crippen LogP contribution in [0.5, 0.6) is 0 Å². The molecular formula is C9H20N4. The van der Waals surface area contributed by atoms with E-state index >= 15 is 0 Å². The minimum absolute atomic E-state index is 0.759. The van der Waals surface area contributed by atoms with Crippen LogP contribution in [-0.4, -0.2) is 36.1 Å². The fraction of sp³-hybridized carbons (Fsp3) is 0.778. The van der Waals surface area contributed by atoms with Crippen LogP contribution >= 0.6 is 0 Å². The van der Waals surface area contributed by atoms with Gasteiger partial charge < -0.3 is 16.4 Å². The number of hydrogen-bond donors (Lipinski definition) is 2. The van der Waals surface area contributed by atoms with Crippen LogP contribution in [0.1, 0.15) is 20.3 Å². The standard InChI is InChI=1S/C9H20N4/c1-3-5-12-6-8(10)9(11)13(4-2)7-12/h3-7,10-11H2,1-2H3. The van der Waals surface area contributed by atoms with Gasteiger partial charge in [-0.05, 0) is 19.9 Å². The molecule has 0 aliphatic carbocycles. The molecule has 4 nitrogen and oxygen atoms in total. The van der Waals surface area contributed by atoms with Crippen LogP contribution in [0.4, 0.5) is 0 Å². The molecule has 0 unspecified atom stereocenters. The fourth-order valence-electron chi connectivity index (χ4n) is 1.63. The highest BCUT2D eigenvalue weighted by atomic mass is 15.4. The van der Waals surface area contributed by atoms with Crippen LogP contribution in [0.3, 0.4) is 0 Å². The Morgan fingerprint density at radius 1 is 1.31 bits per heavy atom. The number of hydrogen-bond acceptors (Lipinski definition) is 4. The van der Waals surface area contributed by atoms with E-state index in [0.717, 1.165) is 44.2 Å². The molecule has 0 fully saturated rings. The Morgan fingerprint density at radius 2 is 2.00 bits per heavy atom. The second-order valence-electron chi connectivity index (χ2n) is 3.46. The maximum absolute atomic E-state index is 5.85. The Hall–Kier alpha value is -0.900. The van der Waals surface area contributed by atoms with E-state index in [1.807, 2.05) is 0 Å². The van der Waals surface area contributed by atoms with Gasteiger partial charge in [-0.15, -0.1) is 0 Å². The molecule has 0 saturated carbocycles.